The summed E-state index contributed by atoms with van der Waals surface area (Å²) in [6.07, 6.45) is 4.63. The summed E-state index contributed by atoms with van der Waals surface area (Å²) in [5, 5.41) is 6.99. The van der Waals surface area contributed by atoms with Crippen molar-refractivity contribution in [2.24, 2.45) is 0 Å². The maximum absolute atomic E-state index is 15.5. The predicted octanol–water partition coefficient (Wildman–Crippen LogP) is 5.02. The minimum absolute atomic E-state index is 0.0441. The molecule has 0 aliphatic heterocycles. The first-order chi connectivity index (χ1) is 16.7. The third-order valence-corrected chi connectivity index (χ3v) is 7.47. The van der Waals surface area contributed by atoms with Crippen molar-refractivity contribution in [1.29, 1.82) is 0 Å². The van der Waals surface area contributed by atoms with Crippen LogP contribution in [0.3, 0.4) is 0 Å². The second-order valence-electron chi connectivity index (χ2n) is 8.11. The van der Waals surface area contributed by atoms with E-state index < -0.39 is 38.6 Å². The smallest absolute Gasteiger partial charge is 0.184 e. The fourth-order valence-corrected chi connectivity index (χ4v) is 5.64. The van der Waals surface area contributed by atoms with E-state index in [1.807, 2.05) is 0 Å². The lowest BCUT2D eigenvalue weighted by Crippen LogP contribution is -2.10. The number of pyridine rings is 1. The molecule has 3 aromatic heterocycles. The van der Waals surface area contributed by atoms with E-state index in [9.17, 15) is 12.8 Å². The number of rotatable bonds is 5. The third kappa shape index (κ3) is 3.87. The van der Waals surface area contributed by atoms with Crippen molar-refractivity contribution in [2.75, 3.05) is 0 Å². The van der Waals surface area contributed by atoms with Crippen molar-refractivity contribution in [3.8, 4) is 22.6 Å². The molecule has 2 aromatic carbocycles. The summed E-state index contributed by atoms with van der Waals surface area (Å²) < 4.78 is 71.8. The highest BCUT2D eigenvalue weighted by molar-refractivity contribution is 7.90. The number of H-pyrrole nitrogens is 2. The maximum Gasteiger partial charge on any atom is 0.184 e. The van der Waals surface area contributed by atoms with E-state index in [4.69, 9.17) is 0 Å². The molecule has 7 nitrogen and oxygen atoms in total. The highest BCUT2D eigenvalue weighted by atomic mass is 32.2. The van der Waals surface area contributed by atoms with E-state index in [1.54, 1.807) is 13.1 Å². The van der Waals surface area contributed by atoms with Gasteiger partial charge in [0.15, 0.2) is 21.5 Å². The third-order valence-electron chi connectivity index (χ3n) is 5.70. The number of nitrogens with zero attached hydrogens (tertiary/aromatic N) is 3. The zero-order valence-electron chi connectivity index (χ0n) is 18.5. The number of halogens is 3. The average molecular weight is 498 g/mol. The molecule has 3 heterocycles. The summed E-state index contributed by atoms with van der Waals surface area (Å²) in [6.45, 7) is 3.22. The van der Waals surface area contributed by atoms with Crippen LogP contribution in [0.2, 0.25) is 0 Å². The quantitative estimate of drug-likeness (QED) is 0.355. The highest BCUT2D eigenvalue weighted by Gasteiger charge is 2.26. The summed E-state index contributed by atoms with van der Waals surface area (Å²) in [5.41, 5.74) is -0.166. The summed E-state index contributed by atoms with van der Waals surface area (Å²) >= 11 is 0. The Hall–Kier alpha value is -3.99. The Kier molecular flexibility index (Phi) is 5.43. The van der Waals surface area contributed by atoms with Crippen LogP contribution in [-0.2, 0) is 15.6 Å². The minimum atomic E-state index is -4.01. The highest BCUT2D eigenvalue weighted by Crippen LogP contribution is 2.36. The summed E-state index contributed by atoms with van der Waals surface area (Å²) in [7, 11) is -4.01. The van der Waals surface area contributed by atoms with Crippen molar-refractivity contribution in [1.82, 2.24) is 25.1 Å². The molecule has 0 fully saturated rings. The number of aromatic amines is 2. The Morgan fingerprint density at radius 3 is 2.54 bits per heavy atom. The van der Waals surface area contributed by atoms with Crippen LogP contribution in [0.4, 0.5) is 13.2 Å². The number of nitrogens with one attached hydrogen (secondary N) is 2. The van der Waals surface area contributed by atoms with Gasteiger partial charge >= 0.3 is 0 Å². The first-order valence-electron chi connectivity index (χ1n) is 10.5. The van der Waals surface area contributed by atoms with Gasteiger partial charge in [0.05, 0.1) is 21.9 Å². The first-order valence-corrected chi connectivity index (χ1v) is 12.1. The van der Waals surface area contributed by atoms with Gasteiger partial charge in [-0.05, 0) is 37.6 Å². The van der Waals surface area contributed by atoms with Gasteiger partial charge in [0.2, 0.25) is 0 Å². The lowest BCUT2D eigenvalue weighted by molar-refractivity contribution is 0.570. The molecule has 0 amide bonds. The van der Waals surface area contributed by atoms with Crippen LogP contribution in [0.1, 0.15) is 16.8 Å². The molecular weight excluding hydrogens is 479 g/mol. The summed E-state index contributed by atoms with van der Waals surface area (Å²) in [4.78, 5) is 11.0. The van der Waals surface area contributed by atoms with Crippen molar-refractivity contribution in [3.05, 3.63) is 83.2 Å². The lowest BCUT2D eigenvalue weighted by atomic mass is 9.99. The van der Waals surface area contributed by atoms with Gasteiger partial charge in [-0.1, -0.05) is 12.1 Å². The van der Waals surface area contributed by atoms with Crippen LogP contribution >= 0.6 is 0 Å². The summed E-state index contributed by atoms with van der Waals surface area (Å²) in [5.74, 6) is -3.46. The second-order valence-corrected chi connectivity index (χ2v) is 10.1. The lowest BCUT2D eigenvalue weighted by Gasteiger charge is -2.13. The predicted molar refractivity (Wildman–Crippen MR) is 124 cm³/mol. The molecule has 0 bridgehead atoms. The van der Waals surface area contributed by atoms with E-state index in [-0.39, 0.29) is 27.2 Å². The number of aryl methyl sites for hydroxylation is 2. The van der Waals surface area contributed by atoms with Crippen LogP contribution < -0.4 is 0 Å². The molecule has 0 aliphatic rings. The van der Waals surface area contributed by atoms with Crippen molar-refractivity contribution >= 4 is 20.7 Å². The van der Waals surface area contributed by atoms with Crippen molar-refractivity contribution in [2.45, 2.75) is 24.5 Å². The van der Waals surface area contributed by atoms with Crippen LogP contribution in [0.25, 0.3) is 33.5 Å². The molecule has 0 unspecified atom stereocenters. The zero-order valence-corrected chi connectivity index (χ0v) is 19.3. The molecule has 0 aliphatic carbocycles. The van der Waals surface area contributed by atoms with Crippen LogP contribution in [0.15, 0.2) is 53.8 Å². The first kappa shape index (κ1) is 22.8. The van der Waals surface area contributed by atoms with Gasteiger partial charge in [-0.15, -0.1) is 0 Å². The standard InChI is InChI=1S/C24H18F3N5O2S/c1-12-9-18(13(2)30-10-12)35(33,34)11-14-3-6-17(25)19(20(14)26)15-4-5-16-22(21(15)27)31-32-23(16)24-28-7-8-29-24/h3-10H,11H2,1-2H3,(H,28,29)(H,31,32). The van der Waals surface area contributed by atoms with Gasteiger partial charge in [-0.2, -0.15) is 5.10 Å². The summed E-state index contributed by atoms with van der Waals surface area (Å²) in [6, 6.07) is 6.12. The Bertz CT molecular complexity index is 1700. The van der Waals surface area contributed by atoms with E-state index >= 15 is 8.78 Å². The molecular formula is C24H18F3N5O2S. The van der Waals surface area contributed by atoms with Crippen molar-refractivity contribution < 1.29 is 21.6 Å². The molecule has 5 aromatic rings. The molecule has 0 saturated carbocycles. The minimum Gasteiger partial charge on any atom is -0.343 e. The van der Waals surface area contributed by atoms with Gasteiger partial charge < -0.3 is 4.98 Å². The Morgan fingerprint density at radius 1 is 1.00 bits per heavy atom. The second kappa shape index (κ2) is 8.35. The normalized spacial score (nSPS) is 11.9. The SMILES string of the molecule is Cc1cnc(C)c(S(=O)(=O)Cc2ccc(F)c(-c3ccc4c(-c5ncc[nH]5)[nH]nc4c3F)c2F)c1. The van der Waals surface area contributed by atoms with Gasteiger partial charge in [-0.25, -0.2) is 26.6 Å². The fourth-order valence-electron chi connectivity index (χ4n) is 3.99. The topological polar surface area (TPSA) is 104 Å². The van der Waals surface area contributed by atoms with Crippen molar-refractivity contribution in [3.63, 3.8) is 0 Å². The molecule has 0 spiro atoms. The number of benzene rings is 2. The van der Waals surface area contributed by atoms with Gasteiger partial charge in [0.25, 0.3) is 0 Å². The van der Waals surface area contributed by atoms with Gasteiger partial charge in [0, 0.05) is 35.1 Å². The van der Waals surface area contributed by atoms with Gasteiger partial charge in [-0.3, -0.25) is 10.1 Å². The van der Waals surface area contributed by atoms with E-state index in [0.29, 0.717) is 22.5 Å². The molecule has 178 valence electrons. The zero-order chi connectivity index (χ0) is 24.9. The van der Waals surface area contributed by atoms with Crippen LogP contribution in [0.5, 0.6) is 0 Å². The number of imidazole rings is 1. The molecule has 11 heteroatoms. The van der Waals surface area contributed by atoms with Crippen LogP contribution in [0, 0.1) is 31.3 Å². The number of aromatic nitrogens is 5. The molecule has 5 rings (SSSR count). The molecule has 35 heavy (non-hydrogen) atoms. The van der Waals surface area contributed by atoms with E-state index in [1.165, 1.54) is 37.5 Å². The average Bonchev–Trinajstić information content (AvgIpc) is 3.49. The fraction of sp³-hybridized carbons (Fsp3) is 0.125. The van der Waals surface area contributed by atoms with Crippen LogP contribution in [-0.4, -0.2) is 33.6 Å². The molecule has 0 saturated heterocycles. The van der Waals surface area contributed by atoms with E-state index in [2.05, 4.69) is 25.1 Å². The maximum atomic E-state index is 15.5. The van der Waals surface area contributed by atoms with Gasteiger partial charge in [0.1, 0.15) is 22.8 Å². The number of hydrogen-bond donors (Lipinski definition) is 2. The largest absolute Gasteiger partial charge is 0.343 e. The van der Waals surface area contributed by atoms with E-state index in [0.717, 1.165) is 12.1 Å². The molecule has 2 N–H and O–H groups in total. The Labute approximate surface area is 198 Å². The number of hydrogen-bond acceptors (Lipinski definition) is 5. The monoisotopic (exact) mass is 497 g/mol. The Balaban J connectivity index is 1.60. The number of sulfone groups is 1. The number of fused-ring (bicyclic) bond motifs is 1. The Morgan fingerprint density at radius 2 is 1.80 bits per heavy atom. The molecule has 0 atom stereocenters. The molecule has 0 radical (unpaired) electrons.